The molecule has 0 spiro atoms. The average molecular weight is 226 g/mol. The molecular weight excluding hydrogens is 204 g/mol. The lowest BCUT2D eigenvalue weighted by molar-refractivity contribution is -0.126. The van der Waals surface area contributed by atoms with Gasteiger partial charge in [0.1, 0.15) is 0 Å². The predicted molar refractivity (Wildman–Crippen MR) is 62.2 cm³/mol. The molecule has 1 saturated carbocycles. The Bertz CT molecular complexity index is 245. The molecule has 92 valence electrons. The molecule has 0 aromatic rings. The zero-order valence-electron chi connectivity index (χ0n) is 10.1. The summed E-state index contributed by atoms with van der Waals surface area (Å²) < 4.78 is 5.47. The van der Waals surface area contributed by atoms with E-state index in [0.717, 1.165) is 31.9 Å². The summed E-state index contributed by atoms with van der Waals surface area (Å²) in [7, 11) is 0. The van der Waals surface area contributed by atoms with Gasteiger partial charge in [-0.15, -0.1) is 0 Å². The van der Waals surface area contributed by atoms with Crippen molar-refractivity contribution in [3.05, 3.63) is 0 Å². The molecule has 2 fully saturated rings. The minimum atomic E-state index is -0.351. The van der Waals surface area contributed by atoms with Crippen molar-refractivity contribution < 1.29 is 9.53 Å². The molecule has 2 aliphatic rings. The molecule has 0 aromatic heterocycles. The Kier molecular flexibility index (Phi) is 3.82. The number of hydrogen-bond donors (Lipinski definition) is 2. The van der Waals surface area contributed by atoms with Crippen LogP contribution in [0.25, 0.3) is 0 Å². The van der Waals surface area contributed by atoms with Gasteiger partial charge in [-0.2, -0.15) is 0 Å². The molecule has 0 aromatic carbocycles. The fraction of sp³-hybridized carbons (Fsp3) is 0.917. The molecule has 1 unspecified atom stereocenters. The van der Waals surface area contributed by atoms with Crippen molar-refractivity contribution in [3.63, 3.8) is 0 Å². The van der Waals surface area contributed by atoms with Gasteiger partial charge in [-0.1, -0.05) is 0 Å². The quantitative estimate of drug-likeness (QED) is 0.655. The van der Waals surface area contributed by atoms with Crippen LogP contribution in [0.3, 0.4) is 0 Å². The average Bonchev–Trinajstić information content (AvgIpc) is 2.99. The molecule has 0 bridgehead atoms. The SMILES string of the molecule is CC1(C(=O)NCCOCC2CC2)CCCN1. The first-order chi connectivity index (χ1) is 7.71. The van der Waals surface area contributed by atoms with Crippen molar-refractivity contribution in [1.29, 1.82) is 0 Å². The highest BCUT2D eigenvalue weighted by Crippen LogP contribution is 2.28. The Morgan fingerprint density at radius 1 is 1.56 bits per heavy atom. The number of nitrogens with one attached hydrogen (secondary N) is 2. The van der Waals surface area contributed by atoms with Gasteiger partial charge in [-0.05, 0) is 45.1 Å². The number of carbonyl (C=O) groups excluding carboxylic acids is 1. The summed E-state index contributed by atoms with van der Waals surface area (Å²) in [5, 5.41) is 6.18. The molecule has 1 heterocycles. The molecule has 1 amide bonds. The largest absolute Gasteiger partial charge is 0.379 e. The van der Waals surface area contributed by atoms with Crippen LogP contribution < -0.4 is 10.6 Å². The summed E-state index contributed by atoms with van der Waals surface area (Å²) in [5.74, 6) is 0.907. The fourth-order valence-corrected chi connectivity index (χ4v) is 2.05. The third-order valence-corrected chi connectivity index (χ3v) is 3.45. The zero-order chi connectivity index (χ0) is 11.4. The molecule has 4 heteroatoms. The van der Waals surface area contributed by atoms with Gasteiger partial charge in [0.2, 0.25) is 5.91 Å². The van der Waals surface area contributed by atoms with Gasteiger partial charge >= 0.3 is 0 Å². The zero-order valence-corrected chi connectivity index (χ0v) is 10.1. The third-order valence-electron chi connectivity index (χ3n) is 3.45. The van der Waals surface area contributed by atoms with E-state index in [1.807, 2.05) is 6.92 Å². The van der Waals surface area contributed by atoms with Gasteiger partial charge in [-0.25, -0.2) is 0 Å². The second kappa shape index (κ2) is 5.15. The van der Waals surface area contributed by atoms with Crippen molar-refractivity contribution in [2.75, 3.05) is 26.3 Å². The van der Waals surface area contributed by atoms with Crippen molar-refractivity contribution >= 4 is 5.91 Å². The summed E-state index contributed by atoms with van der Waals surface area (Å²) in [6.07, 6.45) is 4.65. The monoisotopic (exact) mass is 226 g/mol. The predicted octanol–water partition coefficient (Wildman–Crippen LogP) is 0.671. The van der Waals surface area contributed by atoms with Crippen LogP contribution >= 0.6 is 0 Å². The number of hydrogen-bond acceptors (Lipinski definition) is 3. The van der Waals surface area contributed by atoms with E-state index >= 15 is 0 Å². The van der Waals surface area contributed by atoms with Crippen LogP contribution in [0.5, 0.6) is 0 Å². The van der Waals surface area contributed by atoms with Gasteiger partial charge in [-0.3, -0.25) is 4.79 Å². The van der Waals surface area contributed by atoms with Crippen LogP contribution in [0.15, 0.2) is 0 Å². The maximum atomic E-state index is 11.8. The smallest absolute Gasteiger partial charge is 0.240 e. The lowest BCUT2D eigenvalue weighted by atomic mass is 9.99. The lowest BCUT2D eigenvalue weighted by Crippen LogP contribution is -2.51. The minimum Gasteiger partial charge on any atom is -0.379 e. The van der Waals surface area contributed by atoms with E-state index in [-0.39, 0.29) is 11.4 Å². The third kappa shape index (κ3) is 3.19. The molecule has 1 atom stereocenters. The first-order valence-corrected chi connectivity index (χ1v) is 6.32. The summed E-state index contributed by atoms with van der Waals surface area (Å²) >= 11 is 0. The van der Waals surface area contributed by atoms with Crippen LogP contribution in [-0.4, -0.2) is 37.7 Å². The van der Waals surface area contributed by atoms with Crippen LogP contribution in [-0.2, 0) is 9.53 Å². The normalized spacial score (nSPS) is 29.3. The topological polar surface area (TPSA) is 50.4 Å². The molecular formula is C12H22N2O2. The highest BCUT2D eigenvalue weighted by Gasteiger charge is 2.35. The van der Waals surface area contributed by atoms with Gasteiger partial charge in [0.05, 0.1) is 12.1 Å². The first-order valence-electron chi connectivity index (χ1n) is 6.32. The lowest BCUT2D eigenvalue weighted by Gasteiger charge is -2.22. The van der Waals surface area contributed by atoms with E-state index in [1.54, 1.807) is 0 Å². The minimum absolute atomic E-state index is 0.111. The fourth-order valence-electron chi connectivity index (χ4n) is 2.05. The summed E-state index contributed by atoms with van der Waals surface area (Å²) in [6, 6.07) is 0. The highest BCUT2D eigenvalue weighted by molar-refractivity contribution is 5.86. The van der Waals surface area contributed by atoms with Crippen LogP contribution in [0.4, 0.5) is 0 Å². The van der Waals surface area contributed by atoms with Crippen LogP contribution in [0.2, 0.25) is 0 Å². The van der Waals surface area contributed by atoms with Gasteiger partial charge in [0, 0.05) is 13.2 Å². The molecule has 16 heavy (non-hydrogen) atoms. The molecule has 1 saturated heterocycles. The standard InChI is InChI=1S/C12H22N2O2/c1-12(5-2-6-14-12)11(15)13-7-8-16-9-10-3-4-10/h10,14H,2-9H2,1H3,(H,13,15). The molecule has 4 nitrogen and oxygen atoms in total. The second-order valence-electron chi connectivity index (χ2n) is 5.14. The van der Waals surface area contributed by atoms with E-state index in [1.165, 1.54) is 12.8 Å². The maximum absolute atomic E-state index is 11.8. The maximum Gasteiger partial charge on any atom is 0.240 e. The van der Waals surface area contributed by atoms with Crippen LogP contribution in [0, 0.1) is 5.92 Å². The Labute approximate surface area is 97.1 Å². The van der Waals surface area contributed by atoms with Gasteiger partial charge in [0.15, 0.2) is 0 Å². The van der Waals surface area contributed by atoms with Crippen LogP contribution in [0.1, 0.15) is 32.6 Å². The molecule has 2 rings (SSSR count). The molecule has 0 radical (unpaired) electrons. The van der Waals surface area contributed by atoms with Crippen molar-refractivity contribution in [2.45, 2.75) is 38.1 Å². The molecule has 2 N–H and O–H groups in total. The Morgan fingerprint density at radius 2 is 2.38 bits per heavy atom. The first kappa shape index (κ1) is 11.9. The van der Waals surface area contributed by atoms with Crippen molar-refractivity contribution in [1.82, 2.24) is 10.6 Å². The molecule has 1 aliphatic heterocycles. The Morgan fingerprint density at radius 3 is 3.00 bits per heavy atom. The van der Waals surface area contributed by atoms with E-state index in [4.69, 9.17) is 4.74 Å². The van der Waals surface area contributed by atoms with Crippen molar-refractivity contribution in [3.8, 4) is 0 Å². The summed E-state index contributed by atoms with van der Waals surface area (Å²) in [6.45, 7) is 5.05. The van der Waals surface area contributed by atoms with Crippen molar-refractivity contribution in [2.24, 2.45) is 5.92 Å². The number of amides is 1. The Hall–Kier alpha value is -0.610. The van der Waals surface area contributed by atoms with E-state index in [9.17, 15) is 4.79 Å². The second-order valence-corrected chi connectivity index (χ2v) is 5.14. The summed E-state index contributed by atoms with van der Waals surface area (Å²) in [4.78, 5) is 11.8. The van der Waals surface area contributed by atoms with Gasteiger partial charge in [0.25, 0.3) is 0 Å². The van der Waals surface area contributed by atoms with E-state index < -0.39 is 0 Å². The Balaban J connectivity index is 1.55. The van der Waals surface area contributed by atoms with Gasteiger partial charge < -0.3 is 15.4 Å². The molecule has 1 aliphatic carbocycles. The number of carbonyl (C=O) groups is 1. The summed E-state index contributed by atoms with van der Waals surface area (Å²) in [5.41, 5.74) is -0.351. The van der Waals surface area contributed by atoms with E-state index in [0.29, 0.717) is 13.2 Å². The number of rotatable bonds is 6. The number of ether oxygens (including phenoxy) is 1. The van der Waals surface area contributed by atoms with E-state index in [2.05, 4.69) is 10.6 Å². The highest BCUT2D eigenvalue weighted by atomic mass is 16.5.